The number of benzene rings is 1. The van der Waals surface area contributed by atoms with Crippen LogP contribution >= 0.6 is 11.6 Å². The third kappa shape index (κ3) is 5.04. The smallest absolute Gasteiger partial charge is 0.328 e. The average Bonchev–Trinajstić information content (AvgIpc) is 2.36. The van der Waals surface area contributed by atoms with Crippen molar-refractivity contribution in [3.05, 3.63) is 35.4 Å². The summed E-state index contributed by atoms with van der Waals surface area (Å²) in [5, 5.41) is 0. The zero-order valence-corrected chi connectivity index (χ0v) is 12.1. The predicted molar refractivity (Wildman–Crippen MR) is 73.2 cm³/mol. The molecule has 112 valence electrons. The molecule has 20 heavy (non-hydrogen) atoms. The van der Waals surface area contributed by atoms with E-state index >= 15 is 0 Å². The molecule has 1 amide bonds. The minimum Gasteiger partial charge on any atom is -0.328 e. The van der Waals surface area contributed by atoms with Crippen LogP contribution in [0.3, 0.4) is 0 Å². The Balaban J connectivity index is 2.88. The first-order valence-corrected chi connectivity index (χ1v) is 6.80. The van der Waals surface area contributed by atoms with Gasteiger partial charge < -0.3 is 4.90 Å². The molecule has 0 saturated heterocycles. The van der Waals surface area contributed by atoms with Crippen molar-refractivity contribution >= 4 is 17.5 Å². The first-order chi connectivity index (χ1) is 9.24. The van der Waals surface area contributed by atoms with Crippen LogP contribution in [-0.4, -0.2) is 36.0 Å². The summed E-state index contributed by atoms with van der Waals surface area (Å²) in [6.45, 7) is 2.58. The van der Waals surface area contributed by atoms with Crippen molar-refractivity contribution in [3.63, 3.8) is 0 Å². The Morgan fingerprint density at radius 3 is 2.20 bits per heavy atom. The van der Waals surface area contributed by atoms with E-state index in [1.54, 1.807) is 24.3 Å². The van der Waals surface area contributed by atoms with E-state index in [9.17, 15) is 18.0 Å². The van der Waals surface area contributed by atoms with Gasteiger partial charge in [-0.15, -0.1) is 11.6 Å². The van der Waals surface area contributed by atoms with Gasteiger partial charge in [0, 0.05) is 18.0 Å². The number of hydrogen-bond donors (Lipinski definition) is 0. The second-order valence-electron chi connectivity index (χ2n) is 4.81. The zero-order chi connectivity index (χ0) is 15.3. The molecule has 0 aliphatic heterocycles. The van der Waals surface area contributed by atoms with Crippen molar-refractivity contribution in [3.8, 4) is 0 Å². The molecule has 0 heterocycles. The van der Waals surface area contributed by atoms with Crippen molar-refractivity contribution in [1.82, 2.24) is 4.90 Å². The zero-order valence-electron chi connectivity index (χ0n) is 11.4. The van der Waals surface area contributed by atoms with E-state index in [-0.39, 0.29) is 18.0 Å². The Morgan fingerprint density at radius 1 is 1.25 bits per heavy atom. The number of carbonyl (C=O) groups excluding carboxylic acids is 1. The van der Waals surface area contributed by atoms with Crippen LogP contribution < -0.4 is 0 Å². The molecule has 0 fully saturated rings. The van der Waals surface area contributed by atoms with Crippen molar-refractivity contribution in [2.45, 2.75) is 25.9 Å². The third-order valence-corrected chi connectivity index (χ3v) is 3.01. The first kappa shape index (κ1) is 16.8. The molecule has 0 atom stereocenters. The lowest BCUT2D eigenvalue weighted by Crippen LogP contribution is -2.40. The van der Waals surface area contributed by atoms with Crippen LogP contribution in [0.1, 0.15) is 35.7 Å². The number of hydrogen-bond acceptors (Lipinski definition) is 1. The largest absolute Gasteiger partial charge is 0.406 e. The van der Waals surface area contributed by atoms with Crippen LogP contribution in [0.15, 0.2) is 24.3 Å². The fraction of sp³-hybridized carbons (Fsp3) is 0.500. The molecule has 0 spiro atoms. The Bertz CT molecular complexity index is 443. The van der Waals surface area contributed by atoms with Gasteiger partial charge in [-0.3, -0.25) is 4.79 Å². The maximum Gasteiger partial charge on any atom is 0.406 e. The average molecular weight is 308 g/mol. The van der Waals surface area contributed by atoms with Crippen LogP contribution in [0.4, 0.5) is 13.2 Å². The minimum atomic E-state index is -4.43. The molecule has 6 heteroatoms. The highest BCUT2D eigenvalue weighted by atomic mass is 35.5. The molecule has 0 radical (unpaired) electrons. The molecule has 1 rings (SSSR count). The van der Waals surface area contributed by atoms with Gasteiger partial charge >= 0.3 is 6.18 Å². The minimum absolute atomic E-state index is 0.0358. The maximum atomic E-state index is 12.4. The molecule has 0 aliphatic rings. The van der Waals surface area contributed by atoms with Crippen molar-refractivity contribution in [2.24, 2.45) is 0 Å². The summed E-state index contributed by atoms with van der Waals surface area (Å²) in [6, 6.07) is 6.61. The van der Waals surface area contributed by atoms with E-state index in [4.69, 9.17) is 11.6 Å². The summed E-state index contributed by atoms with van der Waals surface area (Å²) in [7, 11) is 0. The Hall–Kier alpha value is -1.23. The molecule has 0 saturated carbocycles. The van der Waals surface area contributed by atoms with Crippen LogP contribution in [0.2, 0.25) is 0 Å². The normalized spacial score (nSPS) is 11.8. The quantitative estimate of drug-likeness (QED) is 0.751. The molecule has 0 N–H and O–H groups in total. The van der Waals surface area contributed by atoms with Crippen LogP contribution in [0.25, 0.3) is 0 Å². The van der Waals surface area contributed by atoms with Crippen molar-refractivity contribution in [1.29, 1.82) is 0 Å². The molecule has 1 aromatic rings. The monoisotopic (exact) mass is 307 g/mol. The fourth-order valence-electron chi connectivity index (χ4n) is 1.76. The Morgan fingerprint density at radius 2 is 1.80 bits per heavy atom. The first-order valence-electron chi connectivity index (χ1n) is 6.26. The second kappa shape index (κ2) is 6.97. The van der Waals surface area contributed by atoms with Gasteiger partial charge in [-0.25, -0.2) is 0 Å². The second-order valence-corrected chi connectivity index (χ2v) is 5.19. The van der Waals surface area contributed by atoms with Gasteiger partial charge in [-0.2, -0.15) is 13.2 Å². The Kier molecular flexibility index (Phi) is 5.87. The summed E-state index contributed by atoms with van der Waals surface area (Å²) in [4.78, 5) is 12.8. The molecule has 1 aromatic carbocycles. The summed E-state index contributed by atoms with van der Waals surface area (Å²) in [5.74, 6) is -0.391. The van der Waals surface area contributed by atoms with E-state index < -0.39 is 18.6 Å². The lowest BCUT2D eigenvalue weighted by molar-refractivity contribution is -0.140. The Labute approximate surface area is 121 Å². The number of amides is 1. The van der Waals surface area contributed by atoms with Gasteiger partial charge in [0.1, 0.15) is 6.54 Å². The van der Waals surface area contributed by atoms with E-state index in [2.05, 4.69) is 0 Å². The molecular weight excluding hydrogens is 291 g/mol. The highest BCUT2D eigenvalue weighted by Crippen LogP contribution is 2.19. The summed E-state index contributed by atoms with van der Waals surface area (Å²) >= 11 is 5.46. The SMILES string of the molecule is CC(C)c1ccc(C(=O)N(CCCl)CC(F)(F)F)cc1. The van der Waals surface area contributed by atoms with Crippen molar-refractivity contribution < 1.29 is 18.0 Å². The molecule has 0 unspecified atom stereocenters. The maximum absolute atomic E-state index is 12.4. The van der Waals surface area contributed by atoms with E-state index in [1.165, 1.54) is 0 Å². The van der Waals surface area contributed by atoms with Crippen LogP contribution in [0, 0.1) is 0 Å². The number of halogens is 4. The molecule has 0 bridgehead atoms. The van der Waals surface area contributed by atoms with Gasteiger partial charge in [0.15, 0.2) is 0 Å². The van der Waals surface area contributed by atoms with E-state index in [1.807, 2.05) is 13.8 Å². The topological polar surface area (TPSA) is 20.3 Å². The molecule has 2 nitrogen and oxygen atoms in total. The summed E-state index contributed by atoms with van der Waals surface area (Å²) < 4.78 is 37.3. The van der Waals surface area contributed by atoms with Gasteiger partial charge in [-0.1, -0.05) is 26.0 Å². The van der Waals surface area contributed by atoms with Crippen LogP contribution in [0.5, 0.6) is 0 Å². The van der Waals surface area contributed by atoms with Gasteiger partial charge in [0.2, 0.25) is 0 Å². The highest BCUT2D eigenvalue weighted by Gasteiger charge is 2.33. The van der Waals surface area contributed by atoms with E-state index in [0.717, 1.165) is 10.5 Å². The number of carbonyl (C=O) groups is 1. The molecule has 0 aromatic heterocycles. The lowest BCUT2D eigenvalue weighted by Gasteiger charge is -2.23. The van der Waals surface area contributed by atoms with Gasteiger partial charge in [0.05, 0.1) is 0 Å². The lowest BCUT2D eigenvalue weighted by atomic mass is 10.0. The summed E-state index contributed by atoms with van der Waals surface area (Å²) in [6.07, 6.45) is -4.43. The molecular formula is C14H17ClF3NO. The van der Waals surface area contributed by atoms with Crippen molar-refractivity contribution in [2.75, 3.05) is 19.0 Å². The molecule has 0 aliphatic carbocycles. The number of rotatable bonds is 5. The predicted octanol–water partition coefficient (Wildman–Crippen LogP) is 4.05. The highest BCUT2D eigenvalue weighted by molar-refractivity contribution is 6.18. The third-order valence-electron chi connectivity index (χ3n) is 2.84. The van der Waals surface area contributed by atoms with Gasteiger partial charge in [0.25, 0.3) is 5.91 Å². The number of alkyl halides is 4. The number of nitrogens with zero attached hydrogens (tertiary/aromatic N) is 1. The fourth-order valence-corrected chi connectivity index (χ4v) is 1.97. The standard InChI is InChI=1S/C14H17ClF3NO/c1-10(2)11-3-5-12(6-4-11)13(20)19(8-7-15)9-14(16,17)18/h3-6,10H,7-9H2,1-2H3. The summed E-state index contributed by atoms with van der Waals surface area (Å²) in [5.41, 5.74) is 1.27. The van der Waals surface area contributed by atoms with Gasteiger partial charge in [-0.05, 0) is 23.6 Å². The van der Waals surface area contributed by atoms with Crippen LogP contribution in [-0.2, 0) is 0 Å². The van der Waals surface area contributed by atoms with E-state index in [0.29, 0.717) is 5.92 Å².